The number of halogens is 1. The van der Waals surface area contributed by atoms with E-state index < -0.39 is 10.0 Å². The molecule has 6 nitrogen and oxygen atoms in total. The quantitative estimate of drug-likeness (QED) is 0.537. The second-order valence-electron chi connectivity index (χ2n) is 8.59. The van der Waals surface area contributed by atoms with Crippen LogP contribution in [0.25, 0.3) is 0 Å². The third-order valence-corrected chi connectivity index (χ3v) is 8.44. The van der Waals surface area contributed by atoms with Gasteiger partial charge in [0.1, 0.15) is 0 Å². The molecule has 0 bridgehead atoms. The van der Waals surface area contributed by atoms with E-state index in [0.717, 1.165) is 16.7 Å². The molecule has 3 aromatic rings. The van der Waals surface area contributed by atoms with Crippen molar-refractivity contribution >= 4 is 38.9 Å². The Bertz CT molecular complexity index is 1320. The number of nitrogens with zero attached hydrogens (tertiary/aromatic N) is 2. The lowest BCUT2D eigenvalue weighted by Gasteiger charge is -2.36. The Morgan fingerprint density at radius 1 is 0.882 bits per heavy atom. The first-order chi connectivity index (χ1) is 16.2. The average Bonchev–Trinajstić information content (AvgIpc) is 2.81. The fourth-order valence-corrected chi connectivity index (χ4v) is 5.74. The van der Waals surface area contributed by atoms with Gasteiger partial charge in [-0.05, 0) is 68.3 Å². The molecule has 0 aromatic heterocycles. The van der Waals surface area contributed by atoms with Crippen LogP contribution in [0.2, 0.25) is 5.02 Å². The smallest absolute Gasteiger partial charge is 0.255 e. The highest BCUT2D eigenvalue weighted by molar-refractivity contribution is 7.89. The van der Waals surface area contributed by atoms with Gasteiger partial charge in [-0.2, -0.15) is 4.31 Å². The summed E-state index contributed by atoms with van der Waals surface area (Å²) in [4.78, 5) is 15.3. The van der Waals surface area contributed by atoms with Crippen LogP contribution >= 0.6 is 11.6 Å². The lowest BCUT2D eigenvalue weighted by Crippen LogP contribution is -2.49. The molecular formula is C26H28ClN3O3S. The number of hydrogen-bond donors (Lipinski definition) is 1. The minimum absolute atomic E-state index is 0.216. The molecule has 0 atom stereocenters. The Morgan fingerprint density at radius 3 is 2.21 bits per heavy atom. The maximum absolute atomic E-state index is 13.1. The van der Waals surface area contributed by atoms with Crippen molar-refractivity contribution in [2.75, 3.05) is 36.4 Å². The lowest BCUT2D eigenvalue weighted by molar-refractivity contribution is 0.102. The molecule has 0 radical (unpaired) electrons. The molecular weight excluding hydrogens is 470 g/mol. The van der Waals surface area contributed by atoms with Gasteiger partial charge in [-0.25, -0.2) is 8.42 Å². The van der Waals surface area contributed by atoms with Crippen LogP contribution in [0.4, 0.5) is 11.4 Å². The molecule has 1 aliphatic rings. The van der Waals surface area contributed by atoms with Crippen LogP contribution in [0.3, 0.4) is 0 Å². The predicted molar refractivity (Wildman–Crippen MR) is 137 cm³/mol. The summed E-state index contributed by atoms with van der Waals surface area (Å²) in [6.07, 6.45) is 0. The van der Waals surface area contributed by atoms with E-state index in [1.54, 1.807) is 42.5 Å². The summed E-state index contributed by atoms with van der Waals surface area (Å²) in [5.41, 5.74) is 5.06. The highest BCUT2D eigenvalue weighted by atomic mass is 35.5. The summed E-state index contributed by atoms with van der Waals surface area (Å²) in [6, 6.07) is 17.9. The maximum Gasteiger partial charge on any atom is 0.255 e. The predicted octanol–water partition coefficient (Wildman–Crippen LogP) is 5.03. The monoisotopic (exact) mass is 497 g/mol. The summed E-state index contributed by atoms with van der Waals surface area (Å²) in [6.45, 7) is 7.47. The van der Waals surface area contributed by atoms with Crippen molar-refractivity contribution in [2.24, 2.45) is 0 Å². The van der Waals surface area contributed by atoms with E-state index >= 15 is 0 Å². The van der Waals surface area contributed by atoms with Crippen LogP contribution in [-0.4, -0.2) is 44.8 Å². The van der Waals surface area contributed by atoms with Gasteiger partial charge in [-0.3, -0.25) is 4.79 Å². The Balaban J connectivity index is 1.52. The molecule has 0 spiro atoms. The number of rotatable bonds is 5. The summed E-state index contributed by atoms with van der Waals surface area (Å²) in [5, 5.41) is 3.49. The molecule has 1 amide bonds. The van der Waals surface area contributed by atoms with Crippen molar-refractivity contribution in [2.45, 2.75) is 25.7 Å². The second-order valence-corrected chi connectivity index (χ2v) is 10.9. The number of nitrogens with one attached hydrogen (secondary N) is 1. The zero-order chi connectivity index (χ0) is 24.5. The zero-order valence-electron chi connectivity index (χ0n) is 19.5. The van der Waals surface area contributed by atoms with Crippen LogP contribution in [0.1, 0.15) is 27.0 Å². The standard InChI is InChI=1S/C26H28ClN3O3S/c1-18-7-11-22(12-8-18)34(32,33)30-15-13-29(14-16-30)25-23(27)5-4-6-24(25)28-26(31)21-10-9-19(2)20(3)17-21/h4-12,17H,13-16H2,1-3H3,(H,28,31). The Kier molecular flexibility index (Phi) is 6.98. The van der Waals surface area contributed by atoms with Crippen LogP contribution in [0.5, 0.6) is 0 Å². The van der Waals surface area contributed by atoms with E-state index in [2.05, 4.69) is 5.32 Å². The maximum atomic E-state index is 13.1. The van der Waals surface area contributed by atoms with Crippen molar-refractivity contribution in [1.82, 2.24) is 4.31 Å². The van der Waals surface area contributed by atoms with Crippen molar-refractivity contribution in [3.8, 4) is 0 Å². The number of sulfonamides is 1. The first-order valence-electron chi connectivity index (χ1n) is 11.2. The number of anilines is 2. The Morgan fingerprint density at radius 2 is 1.56 bits per heavy atom. The number of benzene rings is 3. The van der Waals surface area contributed by atoms with E-state index in [0.29, 0.717) is 53.0 Å². The van der Waals surface area contributed by atoms with E-state index in [-0.39, 0.29) is 5.91 Å². The fraction of sp³-hybridized carbons (Fsp3) is 0.269. The van der Waals surface area contributed by atoms with E-state index in [1.807, 2.05) is 43.9 Å². The number of hydrogen-bond acceptors (Lipinski definition) is 4. The molecule has 0 aliphatic carbocycles. The van der Waals surface area contributed by atoms with Gasteiger partial charge < -0.3 is 10.2 Å². The molecule has 4 rings (SSSR count). The molecule has 0 saturated carbocycles. The molecule has 178 valence electrons. The summed E-state index contributed by atoms with van der Waals surface area (Å²) >= 11 is 6.55. The SMILES string of the molecule is Cc1ccc(S(=O)(=O)N2CCN(c3c(Cl)cccc3NC(=O)c3ccc(C)c(C)c3)CC2)cc1. The number of para-hydroxylation sites is 1. The van der Waals surface area contributed by atoms with Crippen LogP contribution in [-0.2, 0) is 10.0 Å². The molecule has 1 saturated heterocycles. The van der Waals surface area contributed by atoms with Gasteiger partial charge in [0.2, 0.25) is 10.0 Å². The molecule has 34 heavy (non-hydrogen) atoms. The van der Waals surface area contributed by atoms with Crippen LogP contribution < -0.4 is 10.2 Å². The summed E-state index contributed by atoms with van der Waals surface area (Å²) < 4.78 is 27.6. The number of amides is 1. The number of carbonyl (C=O) groups excluding carboxylic acids is 1. The van der Waals surface area contributed by atoms with Gasteiger partial charge in [-0.1, -0.05) is 41.4 Å². The van der Waals surface area contributed by atoms with Crippen LogP contribution in [0, 0.1) is 20.8 Å². The van der Waals surface area contributed by atoms with Crippen LogP contribution in [0.15, 0.2) is 65.6 Å². The van der Waals surface area contributed by atoms with E-state index in [1.165, 1.54) is 4.31 Å². The molecule has 1 heterocycles. The number of aryl methyl sites for hydroxylation is 3. The molecule has 1 aliphatic heterocycles. The highest BCUT2D eigenvalue weighted by Crippen LogP contribution is 2.35. The first-order valence-corrected chi connectivity index (χ1v) is 13.0. The van der Waals surface area contributed by atoms with Crippen molar-refractivity contribution < 1.29 is 13.2 Å². The van der Waals surface area contributed by atoms with Gasteiger partial charge in [-0.15, -0.1) is 0 Å². The summed E-state index contributed by atoms with van der Waals surface area (Å²) in [5.74, 6) is -0.216. The van der Waals surface area contributed by atoms with Gasteiger partial charge in [0.05, 0.1) is 21.3 Å². The van der Waals surface area contributed by atoms with Gasteiger partial charge in [0, 0.05) is 31.7 Å². The molecule has 1 fully saturated rings. The minimum atomic E-state index is -3.56. The third-order valence-electron chi connectivity index (χ3n) is 6.22. The topological polar surface area (TPSA) is 69.7 Å². The van der Waals surface area contributed by atoms with Crippen molar-refractivity contribution in [1.29, 1.82) is 0 Å². The minimum Gasteiger partial charge on any atom is -0.366 e. The van der Waals surface area contributed by atoms with Gasteiger partial charge in [0.25, 0.3) is 5.91 Å². The second kappa shape index (κ2) is 9.78. The lowest BCUT2D eigenvalue weighted by atomic mass is 10.1. The van der Waals surface area contributed by atoms with E-state index in [4.69, 9.17) is 11.6 Å². The Labute approximate surface area is 206 Å². The fourth-order valence-electron chi connectivity index (χ4n) is 4.03. The summed E-state index contributed by atoms with van der Waals surface area (Å²) in [7, 11) is -3.56. The number of carbonyl (C=O) groups is 1. The number of piperazine rings is 1. The largest absolute Gasteiger partial charge is 0.366 e. The molecule has 3 aromatic carbocycles. The van der Waals surface area contributed by atoms with Crippen molar-refractivity contribution in [3.63, 3.8) is 0 Å². The molecule has 0 unspecified atom stereocenters. The van der Waals surface area contributed by atoms with Gasteiger partial charge in [0.15, 0.2) is 0 Å². The highest BCUT2D eigenvalue weighted by Gasteiger charge is 2.30. The Hall–Kier alpha value is -2.87. The third kappa shape index (κ3) is 4.97. The average molecular weight is 498 g/mol. The van der Waals surface area contributed by atoms with Gasteiger partial charge >= 0.3 is 0 Å². The first kappa shape index (κ1) is 24.3. The normalized spacial score (nSPS) is 14.8. The van der Waals surface area contributed by atoms with E-state index in [9.17, 15) is 13.2 Å². The molecule has 8 heteroatoms. The zero-order valence-corrected chi connectivity index (χ0v) is 21.1. The van der Waals surface area contributed by atoms with Crippen molar-refractivity contribution in [3.05, 3.63) is 87.9 Å². The molecule has 1 N–H and O–H groups in total.